The highest BCUT2D eigenvalue weighted by Gasteiger charge is 2.38. The van der Waals surface area contributed by atoms with Crippen LogP contribution in [-0.2, 0) is 4.74 Å². The number of aliphatic hydroxyl groups is 1. The third kappa shape index (κ3) is 2.38. The number of hydrogen-bond donors (Lipinski definition) is 1. The smallest absolute Gasteiger partial charge is 0.0817 e. The highest BCUT2D eigenvalue weighted by molar-refractivity contribution is 5.83. The van der Waals surface area contributed by atoms with Crippen molar-refractivity contribution in [2.45, 2.75) is 37.4 Å². The quantitative estimate of drug-likeness (QED) is 0.900. The number of fused-ring (bicyclic) bond motifs is 1. The lowest BCUT2D eigenvalue weighted by Crippen LogP contribution is -2.40. The number of hydrogen-bond acceptors (Lipinski definition) is 2. The Kier molecular flexibility index (Phi) is 3.29. The first kappa shape index (κ1) is 12.6. The van der Waals surface area contributed by atoms with Gasteiger partial charge in [0.1, 0.15) is 0 Å². The Bertz CT molecular complexity index is 567. The first-order chi connectivity index (χ1) is 9.22. The van der Waals surface area contributed by atoms with E-state index in [1.165, 1.54) is 17.2 Å². The Morgan fingerprint density at radius 1 is 1.16 bits per heavy atom. The van der Waals surface area contributed by atoms with Gasteiger partial charge in [0.2, 0.25) is 0 Å². The minimum Gasteiger partial charge on any atom is -0.388 e. The molecule has 1 aliphatic carbocycles. The topological polar surface area (TPSA) is 29.5 Å². The monoisotopic (exact) mass is 256 g/mol. The molecule has 1 aliphatic rings. The van der Waals surface area contributed by atoms with E-state index < -0.39 is 6.10 Å². The summed E-state index contributed by atoms with van der Waals surface area (Å²) >= 11 is 0. The molecular weight excluding hydrogens is 236 g/mol. The summed E-state index contributed by atoms with van der Waals surface area (Å²) in [7, 11) is 1.76. The van der Waals surface area contributed by atoms with Crippen molar-refractivity contribution in [3.63, 3.8) is 0 Å². The molecule has 2 nitrogen and oxygen atoms in total. The van der Waals surface area contributed by atoms with E-state index in [9.17, 15) is 5.11 Å². The van der Waals surface area contributed by atoms with Crippen molar-refractivity contribution in [3.8, 4) is 0 Å². The van der Waals surface area contributed by atoms with Crippen LogP contribution in [-0.4, -0.2) is 17.8 Å². The zero-order chi connectivity index (χ0) is 13.3. The van der Waals surface area contributed by atoms with Crippen molar-refractivity contribution < 1.29 is 9.84 Å². The predicted octanol–water partition coefficient (Wildman–Crippen LogP) is 3.83. The first-order valence-corrected chi connectivity index (χ1v) is 6.94. The van der Waals surface area contributed by atoms with Gasteiger partial charge in [0, 0.05) is 13.5 Å². The van der Waals surface area contributed by atoms with Crippen LogP contribution in [0.25, 0.3) is 10.8 Å². The van der Waals surface area contributed by atoms with Crippen molar-refractivity contribution in [1.29, 1.82) is 0 Å². The van der Waals surface area contributed by atoms with Crippen LogP contribution in [0.5, 0.6) is 0 Å². The maximum absolute atomic E-state index is 10.4. The molecule has 0 amide bonds. The molecule has 1 fully saturated rings. The third-order valence-electron chi connectivity index (χ3n) is 4.42. The van der Waals surface area contributed by atoms with Crippen LogP contribution < -0.4 is 0 Å². The van der Waals surface area contributed by atoms with Gasteiger partial charge in [-0.05, 0) is 41.7 Å². The average Bonchev–Trinajstić information content (AvgIpc) is 2.42. The molecule has 0 radical (unpaired) electrons. The second-order valence-electron chi connectivity index (χ2n) is 5.57. The number of ether oxygens (including phenoxy) is 1. The SMILES string of the molecule is COC1(CC(O)c2ccc3ccccc3c2)CCC1. The maximum Gasteiger partial charge on any atom is 0.0817 e. The third-order valence-corrected chi connectivity index (χ3v) is 4.42. The summed E-state index contributed by atoms with van der Waals surface area (Å²) in [6.45, 7) is 0. The zero-order valence-electron chi connectivity index (χ0n) is 11.3. The van der Waals surface area contributed by atoms with E-state index >= 15 is 0 Å². The lowest BCUT2D eigenvalue weighted by molar-refractivity contribution is -0.0999. The van der Waals surface area contributed by atoms with Crippen molar-refractivity contribution in [3.05, 3.63) is 48.0 Å². The fourth-order valence-corrected chi connectivity index (χ4v) is 2.95. The summed E-state index contributed by atoms with van der Waals surface area (Å²) in [5, 5.41) is 12.8. The van der Waals surface area contributed by atoms with Gasteiger partial charge in [-0.15, -0.1) is 0 Å². The van der Waals surface area contributed by atoms with E-state index in [1.807, 2.05) is 18.2 Å². The summed E-state index contributed by atoms with van der Waals surface area (Å²) in [6, 6.07) is 14.4. The minimum atomic E-state index is -0.440. The van der Waals surface area contributed by atoms with Crippen LogP contribution in [0.2, 0.25) is 0 Å². The van der Waals surface area contributed by atoms with Gasteiger partial charge >= 0.3 is 0 Å². The molecule has 0 bridgehead atoms. The summed E-state index contributed by atoms with van der Waals surface area (Å²) in [4.78, 5) is 0. The second kappa shape index (κ2) is 4.95. The molecule has 1 N–H and O–H groups in total. The van der Waals surface area contributed by atoms with Gasteiger partial charge < -0.3 is 9.84 Å². The normalized spacial score (nSPS) is 19.1. The Balaban J connectivity index is 1.83. The summed E-state index contributed by atoms with van der Waals surface area (Å²) in [5.41, 5.74) is 0.896. The maximum atomic E-state index is 10.4. The average molecular weight is 256 g/mol. The van der Waals surface area contributed by atoms with Crippen LogP contribution in [0.15, 0.2) is 42.5 Å². The predicted molar refractivity (Wildman–Crippen MR) is 77.1 cm³/mol. The molecule has 0 saturated heterocycles. The minimum absolute atomic E-state index is 0.0922. The Labute approximate surface area is 114 Å². The Morgan fingerprint density at radius 3 is 2.53 bits per heavy atom. The van der Waals surface area contributed by atoms with Crippen LogP contribution in [0.4, 0.5) is 0 Å². The van der Waals surface area contributed by atoms with Crippen LogP contribution >= 0.6 is 0 Å². The van der Waals surface area contributed by atoms with Crippen molar-refractivity contribution in [1.82, 2.24) is 0 Å². The van der Waals surface area contributed by atoms with Crippen LogP contribution in [0, 0.1) is 0 Å². The molecule has 0 spiro atoms. The molecule has 1 unspecified atom stereocenters. The standard InChI is InChI=1S/C17H20O2/c1-19-17(9-4-10-17)12-16(18)15-8-7-13-5-2-3-6-14(13)11-15/h2-3,5-8,11,16,18H,4,9-10,12H2,1H3. The van der Waals surface area contributed by atoms with Gasteiger partial charge in [-0.25, -0.2) is 0 Å². The van der Waals surface area contributed by atoms with Crippen molar-refractivity contribution in [2.75, 3.05) is 7.11 Å². The fourth-order valence-electron chi connectivity index (χ4n) is 2.95. The van der Waals surface area contributed by atoms with Gasteiger partial charge in [-0.2, -0.15) is 0 Å². The molecule has 0 aliphatic heterocycles. The lowest BCUT2D eigenvalue weighted by Gasteiger charge is -2.41. The van der Waals surface area contributed by atoms with Gasteiger partial charge in [-0.1, -0.05) is 36.4 Å². The molecule has 1 atom stereocenters. The molecule has 3 rings (SSSR count). The van der Waals surface area contributed by atoms with E-state index in [1.54, 1.807) is 7.11 Å². The van der Waals surface area contributed by atoms with Crippen LogP contribution in [0.1, 0.15) is 37.4 Å². The van der Waals surface area contributed by atoms with Crippen molar-refractivity contribution in [2.24, 2.45) is 0 Å². The van der Waals surface area contributed by atoms with E-state index in [2.05, 4.69) is 24.3 Å². The van der Waals surface area contributed by atoms with E-state index in [4.69, 9.17) is 4.74 Å². The summed E-state index contributed by atoms with van der Waals surface area (Å²) < 4.78 is 5.59. The van der Waals surface area contributed by atoms with E-state index in [0.29, 0.717) is 6.42 Å². The zero-order valence-corrected chi connectivity index (χ0v) is 11.3. The van der Waals surface area contributed by atoms with Crippen LogP contribution in [0.3, 0.4) is 0 Å². The first-order valence-electron chi connectivity index (χ1n) is 6.94. The number of rotatable bonds is 4. The van der Waals surface area contributed by atoms with E-state index in [0.717, 1.165) is 18.4 Å². The summed E-state index contributed by atoms with van der Waals surface area (Å²) in [5.74, 6) is 0. The largest absolute Gasteiger partial charge is 0.388 e. The molecule has 100 valence electrons. The number of aliphatic hydroxyl groups excluding tert-OH is 1. The molecule has 1 saturated carbocycles. The highest BCUT2D eigenvalue weighted by Crippen LogP contribution is 2.42. The fraction of sp³-hybridized carbons (Fsp3) is 0.412. The van der Waals surface area contributed by atoms with Crippen molar-refractivity contribution >= 4 is 10.8 Å². The van der Waals surface area contributed by atoms with E-state index in [-0.39, 0.29) is 5.60 Å². The van der Waals surface area contributed by atoms with Gasteiger partial charge in [0.05, 0.1) is 11.7 Å². The molecule has 0 aromatic heterocycles. The number of benzene rings is 2. The van der Waals surface area contributed by atoms with Gasteiger partial charge in [-0.3, -0.25) is 0 Å². The molecule has 2 heteroatoms. The molecular formula is C17H20O2. The van der Waals surface area contributed by atoms with Gasteiger partial charge in [0.25, 0.3) is 0 Å². The molecule has 19 heavy (non-hydrogen) atoms. The summed E-state index contributed by atoms with van der Waals surface area (Å²) in [6.07, 6.45) is 3.59. The Morgan fingerprint density at radius 2 is 1.89 bits per heavy atom. The van der Waals surface area contributed by atoms with Gasteiger partial charge in [0.15, 0.2) is 0 Å². The molecule has 2 aromatic carbocycles. The molecule has 2 aromatic rings. The highest BCUT2D eigenvalue weighted by atomic mass is 16.5. The second-order valence-corrected chi connectivity index (χ2v) is 5.57. The Hall–Kier alpha value is -1.38. The number of methoxy groups -OCH3 is 1. The molecule has 0 heterocycles. The lowest BCUT2D eigenvalue weighted by atomic mass is 9.75.